The van der Waals surface area contributed by atoms with Crippen LogP contribution in [0.5, 0.6) is 0 Å². The van der Waals surface area contributed by atoms with Gasteiger partial charge in [-0.15, -0.1) is 0 Å². The molecule has 0 aliphatic heterocycles. The predicted octanol–water partition coefficient (Wildman–Crippen LogP) is 3.09. The molecule has 1 atom stereocenters. The van der Waals surface area contributed by atoms with Crippen LogP contribution in [0.15, 0.2) is 21.2 Å². The van der Waals surface area contributed by atoms with E-state index >= 15 is 0 Å². The van der Waals surface area contributed by atoms with E-state index in [0.29, 0.717) is 0 Å². The van der Waals surface area contributed by atoms with E-state index in [2.05, 4.69) is 36.7 Å². The average Bonchev–Trinajstić information content (AvgIpc) is 2.31. The molecular formula is C9H14BrNO. The lowest BCUT2D eigenvalue weighted by Gasteiger charge is -2.25. The molecule has 1 unspecified atom stereocenters. The summed E-state index contributed by atoms with van der Waals surface area (Å²) < 4.78 is 6.23. The van der Waals surface area contributed by atoms with Crippen molar-refractivity contribution in [1.29, 1.82) is 0 Å². The lowest BCUT2D eigenvalue weighted by molar-refractivity contribution is 0.284. The zero-order chi connectivity index (χ0) is 9.35. The van der Waals surface area contributed by atoms with E-state index in [9.17, 15) is 0 Å². The number of halogens is 1. The number of rotatable bonds is 1. The molecule has 1 heterocycles. The van der Waals surface area contributed by atoms with Crippen LogP contribution in [0.1, 0.15) is 32.6 Å². The van der Waals surface area contributed by atoms with Gasteiger partial charge in [0.05, 0.1) is 16.8 Å². The monoisotopic (exact) mass is 231 g/mol. The summed E-state index contributed by atoms with van der Waals surface area (Å²) in [6, 6.07) is 1.79. The van der Waals surface area contributed by atoms with Gasteiger partial charge in [0.25, 0.3) is 0 Å². The van der Waals surface area contributed by atoms with Crippen molar-refractivity contribution in [3.8, 4) is 0 Å². The van der Waals surface area contributed by atoms with E-state index in [1.54, 1.807) is 6.26 Å². The van der Waals surface area contributed by atoms with Gasteiger partial charge in [-0.2, -0.15) is 0 Å². The largest absolute Gasteiger partial charge is 0.466 e. The van der Waals surface area contributed by atoms with Gasteiger partial charge in [0.1, 0.15) is 5.76 Å². The minimum absolute atomic E-state index is 0.0281. The van der Waals surface area contributed by atoms with E-state index in [1.807, 2.05) is 6.07 Å². The van der Waals surface area contributed by atoms with Gasteiger partial charge in [-0.05, 0) is 27.4 Å². The highest BCUT2D eigenvalue weighted by molar-refractivity contribution is 9.10. The second kappa shape index (κ2) is 3.23. The number of nitrogens with two attached hydrogens (primary N) is 1. The van der Waals surface area contributed by atoms with Crippen LogP contribution < -0.4 is 5.73 Å². The third-order valence-corrected chi connectivity index (χ3v) is 2.52. The highest BCUT2D eigenvalue weighted by Crippen LogP contribution is 2.34. The molecule has 1 aromatic heterocycles. The Kier molecular flexibility index (Phi) is 2.64. The first-order chi connectivity index (χ1) is 5.43. The van der Waals surface area contributed by atoms with E-state index in [-0.39, 0.29) is 11.5 Å². The third kappa shape index (κ3) is 1.90. The van der Waals surface area contributed by atoms with Crippen molar-refractivity contribution in [3.63, 3.8) is 0 Å². The maximum Gasteiger partial charge on any atom is 0.135 e. The number of furan rings is 1. The molecule has 2 N–H and O–H groups in total. The molecule has 0 saturated carbocycles. The van der Waals surface area contributed by atoms with Crippen molar-refractivity contribution in [1.82, 2.24) is 0 Å². The van der Waals surface area contributed by atoms with Crippen molar-refractivity contribution < 1.29 is 4.42 Å². The summed E-state index contributed by atoms with van der Waals surface area (Å²) in [6.45, 7) is 6.27. The fourth-order valence-corrected chi connectivity index (χ4v) is 1.37. The molecule has 12 heavy (non-hydrogen) atoms. The molecule has 2 nitrogen and oxygen atoms in total. The number of hydrogen-bond acceptors (Lipinski definition) is 2. The van der Waals surface area contributed by atoms with Gasteiger partial charge in [-0.25, -0.2) is 0 Å². The van der Waals surface area contributed by atoms with Crippen LogP contribution >= 0.6 is 15.9 Å². The minimum Gasteiger partial charge on any atom is -0.466 e. The van der Waals surface area contributed by atoms with Crippen LogP contribution in [-0.2, 0) is 0 Å². The summed E-state index contributed by atoms with van der Waals surface area (Å²) in [5, 5.41) is 0. The summed E-state index contributed by atoms with van der Waals surface area (Å²) in [4.78, 5) is 0. The Hall–Kier alpha value is -0.280. The Bertz CT molecular complexity index is 262. The Morgan fingerprint density at radius 1 is 1.50 bits per heavy atom. The van der Waals surface area contributed by atoms with Gasteiger partial charge in [-0.3, -0.25) is 0 Å². The van der Waals surface area contributed by atoms with Crippen molar-refractivity contribution in [2.24, 2.45) is 11.1 Å². The summed E-state index contributed by atoms with van der Waals surface area (Å²) >= 11 is 3.39. The molecule has 1 aromatic rings. The molecule has 0 aromatic carbocycles. The summed E-state index contributed by atoms with van der Waals surface area (Å²) in [6.07, 6.45) is 1.64. The normalized spacial score (nSPS) is 14.8. The van der Waals surface area contributed by atoms with Crippen LogP contribution in [-0.4, -0.2) is 0 Å². The standard InChI is InChI=1S/C9H14BrNO/c1-9(2,3)8(11)7-6(10)4-5-12-7/h4-5,8H,11H2,1-3H3. The van der Waals surface area contributed by atoms with Crippen molar-refractivity contribution >= 4 is 15.9 Å². The first-order valence-corrected chi connectivity index (χ1v) is 4.70. The SMILES string of the molecule is CC(C)(C)C(N)c1occc1Br. The fourth-order valence-electron chi connectivity index (χ4n) is 0.921. The highest BCUT2D eigenvalue weighted by atomic mass is 79.9. The predicted molar refractivity (Wildman–Crippen MR) is 52.8 cm³/mol. The molecule has 0 aliphatic carbocycles. The zero-order valence-electron chi connectivity index (χ0n) is 7.60. The molecule has 0 amide bonds. The molecular weight excluding hydrogens is 218 g/mol. The van der Waals surface area contributed by atoms with E-state index < -0.39 is 0 Å². The Balaban J connectivity index is 2.92. The second-order valence-corrected chi connectivity index (χ2v) is 4.83. The topological polar surface area (TPSA) is 39.2 Å². The molecule has 0 fully saturated rings. The molecule has 3 heteroatoms. The molecule has 68 valence electrons. The van der Waals surface area contributed by atoms with Gasteiger partial charge in [0, 0.05) is 0 Å². The maximum absolute atomic E-state index is 5.99. The van der Waals surface area contributed by atoms with Crippen LogP contribution in [0, 0.1) is 5.41 Å². The third-order valence-electron chi connectivity index (χ3n) is 1.86. The van der Waals surface area contributed by atoms with Gasteiger partial charge in [0.2, 0.25) is 0 Å². The number of hydrogen-bond donors (Lipinski definition) is 1. The Morgan fingerprint density at radius 2 is 2.08 bits per heavy atom. The lowest BCUT2D eigenvalue weighted by Crippen LogP contribution is -2.26. The van der Waals surface area contributed by atoms with Gasteiger partial charge >= 0.3 is 0 Å². The van der Waals surface area contributed by atoms with Crippen LogP contribution in [0.3, 0.4) is 0 Å². The van der Waals surface area contributed by atoms with E-state index in [4.69, 9.17) is 10.2 Å². The zero-order valence-corrected chi connectivity index (χ0v) is 9.18. The van der Waals surface area contributed by atoms with E-state index in [0.717, 1.165) is 10.2 Å². The average molecular weight is 232 g/mol. The highest BCUT2D eigenvalue weighted by Gasteiger charge is 2.26. The molecule has 0 spiro atoms. The first kappa shape index (κ1) is 9.81. The quantitative estimate of drug-likeness (QED) is 0.807. The van der Waals surface area contributed by atoms with Crippen LogP contribution in [0.4, 0.5) is 0 Å². The second-order valence-electron chi connectivity index (χ2n) is 3.98. The van der Waals surface area contributed by atoms with Crippen molar-refractivity contribution in [2.75, 3.05) is 0 Å². The Labute approximate surface area is 81.3 Å². The molecule has 0 bridgehead atoms. The maximum atomic E-state index is 5.99. The summed E-state index contributed by atoms with van der Waals surface area (Å²) in [5.41, 5.74) is 6.02. The molecule has 0 saturated heterocycles. The van der Waals surface area contributed by atoms with E-state index in [1.165, 1.54) is 0 Å². The van der Waals surface area contributed by atoms with Crippen LogP contribution in [0.25, 0.3) is 0 Å². The van der Waals surface area contributed by atoms with Crippen molar-refractivity contribution in [2.45, 2.75) is 26.8 Å². The molecule has 0 radical (unpaired) electrons. The summed E-state index contributed by atoms with van der Waals surface area (Å²) in [5.74, 6) is 0.822. The van der Waals surface area contributed by atoms with Gasteiger partial charge < -0.3 is 10.2 Å². The lowest BCUT2D eigenvalue weighted by atomic mass is 9.86. The molecule has 1 rings (SSSR count). The Morgan fingerprint density at radius 3 is 2.42 bits per heavy atom. The smallest absolute Gasteiger partial charge is 0.135 e. The van der Waals surface area contributed by atoms with Crippen LogP contribution in [0.2, 0.25) is 0 Å². The fraction of sp³-hybridized carbons (Fsp3) is 0.556. The van der Waals surface area contributed by atoms with Gasteiger partial charge in [-0.1, -0.05) is 20.8 Å². The first-order valence-electron chi connectivity index (χ1n) is 3.91. The minimum atomic E-state index is -0.0677. The molecule has 0 aliphatic rings. The van der Waals surface area contributed by atoms with Gasteiger partial charge in [0.15, 0.2) is 0 Å². The summed E-state index contributed by atoms with van der Waals surface area (Å²) in [7, 11) is 0. The van der Waals surface area contributed by atoms with Crippen molar-refractivity contribution in [3.05, 3.63) is 22.6 Å².